The van der Waals surface area contributed by atoms with Gasteiger partial charge in [-0.25, -0.2) is 0 Å². The molecule has 0 spiro atoms. The summed E-state index contributed by atoms with van der Waals surface area (Å²) in [6.45, 7) is 14.2. The van der Waals surface area contributed by atoms with Crippen molar-refractivity contribution in [3.05, 3.63) is 0 Å². The largest absolute Gasteiger partial charge is 0.0654 e. The Morgan fingerprint density at radius 1 is 0.812 bits per heavy atom. The molecule has 0 saturated carbocycles. The van der Waals surface area contributed by atoms with Gasteiger partial charge in [0.15, 0.2) is 0 Å². The second-order valence-corrected chi connectivity index (χ2v) is 6.80. The van der Waals surface area contributed by atoms with E-state index in [9.17, 15) is 0 Å². The smallest absolute Gasteiger partial charge is 0.0357 e. The standard InChI is InChI=1S/C16H34/c1-7-8-9-11-14(2)12-10-13-15(3)16(4,5)6/h14-15H,7-13H2,1-6H3. The molecule has 0 N–H and O–H groups in total. The summed E-state index contributed by atoms with van der Waals surface area (Å²) < 4.78 is 0. The first-order chi connectivity index (χ1) is 7.38. The summed E-state index contributed by atoms with van der Waals surface area (Å²) in [5, 5.41) is 0. The molecule has 0 saturated heterocycles. The molecule has 2 atom stereocenters. The van der Waals surface area contributed by atoms with Crippen LogP contribution in [0.3, 0.4) is 0 Å². The first-order valence-electron chi connectivity index (χ1n) is 7.38. The predicted octanol–water partition coefficient (Wildman–Crippen LogP) is 6.06. The van der Waals surface area contributed by atoms with Gasteiger partial charge in [0.1, 0.15) is 0 Å². The van der Waals surface area contributed by atoms with Gasteiger partial charge in [-0.05, 0) is 17.3 Å². The normalized spacial score (nSPS) is 16.1. The number of hydrogen-bond donors (Lipinski definition) is 0. The van der Waals surface area contributed by atoms with E-state index in [0.29, 0.717) is 5.41 Å². The van der Waals surface area contributed by atoms with Gasteiger partial charge in [-0.3, -0.25) is 0 Å². The molecule has 0 aromatic heterocycles. The highest BCUT2D eigenvalue weighted by Gasteiger charge is 2.19. The van der Waals surface area contributed by atoms with E-state index in [1.807, 2.05) is 0 Å². The third kappa shape index (κ3) is 8.19. The fourth-order valence-corrected chi connectivity index (χ4v) is 2.09. The van der Waals surface area contributed by atoms with Crippen molar-refractivity contribution in [3.63, 3.8) is 0 Å². The van der Waals surface area contributed by atoms with E-state index in [1.54, 1.807) is 0 Å². The SMILES string of the molecule is CCCCCC(C)CCCC(C)C(C)(C)C. The predicted molar refractivity (Wildman–Crippen MR) is 75.8 cm³/mol. The summed E-state index contributed by atoms with van der Waals surface area (Å²) in [4.78, 5) is 0. The molecule has 16 heavy (non-hydrogen) atoms. The zero-order valence-electron chi connectivity index (χ0n) is 12.6. The summed E-state index contributed by atoms with van der Waals surface area (Å²) in [5.41, 5.74) is 0.492. The third-order valence-corrected chi connectivity index (χ3v) is 4.11. The van der Waals surface area contributed by atoms with Crippen LogP contribution in [0, 0.1) is 17.3 Å². The lowest BCUT2D eigenvalue weighted by atomic mass is 9.79. The van der Waals surface area contributed by atoms with E-state index >= 15 is 0 Å². The second kappa shape index (κ2) is 8.14. The van der Waals surface area contributed by atoms with Gasteiger partial charge in [0.25, 0.3) is 0 Å². The zero-order valence-corrected chi connectivity index (χ0v) is 12.6. The lowest BCUT2D eigenvalue weighted by Gasteiger charge is -2.27. The average Bonchev–Trinajstić information content (AvgIpc) is 2.16. The fraction of sp³-hybridized carbons (Fsp3) is 1.00. The Bertz CT molecular complexity index is 152. The van der Waals surface area contributed by atoms with Crippen LogP contribution in [0.5, 0.6) is 0 Å². The van der Waals surface area contributed by atoms with Crippen molar-refractivity contribution in [2.24, 2.45) is 17.3 Å². The Labute approximate surface area is 104 Å². The lowest BCUT2D eigenvalue weighted by Crippen LogP contribution is -2.17. The summed E-state index contributed by atoms with van der Waals surface area (Å²) in [6, 6.07) is 0. The molecule has 0 nitrogen and oxygen atoms in total. The van der Waals surface area contributed by atoms with Crippen LogP contribution in [0.15, 0.2) is 0 Å². The molecule has 0 fully saturated rings. The van der Waals surface area contributed by atoms with Gasteiger partial charge in [-0.1, -0.05) is 86.5 Å². The molecule has 0 amide bonds. The molecule has 0 bridgehead atoms. The van der Waals surface area contributed by atoms with Gasteiger partial charge in [0.2, 0.25) is 0 Å². The van der Waals surface area contributed by atoms with Crippen LogP contribution in [0.2, 0.25) is 0 Å². The maximum Gasteiger partial charge on any atom is -0.0357 e. The maximum atomic E-state index is 2.43. The van der Waals surface area contributed by atoms with Crippen molar-refractivity contribution in [1.82, 2.24) is 0 Å². The molecule has 2 unspecified atom stereocenters. The van der Waals surface area contributed by atoms with Crippen molar-refractivity contribution < 1.29 is 0 Å². The van der Waals surface area contributed by atoms with Gasteiger partial charge in [0.05, 0.1) is 0 Å². The molecule has 0 heterocycles. The van der Waals surface area contributed by atoms with Crippen LogP contribution < -0.4 is 0 Å². The Morgan fingerprint density at radius 3 is 1.88 bits per heavy atom. The average molecular weight is 226 g/mol. The Balaban J connectivity index is 3.50. The minimum absolute atomic E-state index is 0.492. The number of hydrogen-bond acceptors (Lipinski definition) is 0. The highest BCUT2D eigenvalue weighted by molar-refractivity contribution is 4.70. The van der Waals surface area contributed by atoms with E-state index in [1.165, 1.54) is 44.9 Å². The minimum atomic E-state index is 0.492. The molecule has 0 aliphatic heterocycles. The minimum Gasteiger partial charge on any atom is -0.0654 e. The number of rotatable bonds is 8. The van der Waals surface area contributed by atoms with Crippen LogP contribution in [0.1, 0.15) is 86.5 Å². The monoisotopic (exact) mass is 226 g/mol. The topological polar surface area (TPSA) is 0 Å². The molecule has 0 radical (unpaired) electrons. The molecule has 0 aromatic rings. The van der Waals surface area contributed by atoms with E-state index in [4.69, 9.17) is 0 Å². The molecule has 98 valence electrons. The second-order valence-electron chi connectivity index (χ2n) is 6.80. The van der Waals surface area contributed by atoms with E-state index in [2.05, 4.69) is 41.5 Å². The lowest BCUT2D eigenvalue weighted by molar-refractivity contribution is 0.236. The zero-order chi connectivity index (χ0) is 12.6. The third-order valence-electron chi connectivity index (χ3n) is 4.11. The van der Waals surface area contributed by atoms with Crippen LogP contribution in [-0.4, -0.2) is 0 Å². The molecular formula is C16H34. The first kappa shape index (κ1) is 16.0. The molecule has 0 aliphatic carbocycles. The molecule has 0 heteroatoms. The molecule has 0 rings (SSSR count). The molecule has 0 aliphatic rings. The maximum absolute atomic E-state index is 2.43. The molecule has 0 aromatic carbocycles. The van der Waals surface area contributed by atoms with Gasteiger partial charge >= 0.3 is 0 Å². The fourth-order valence-electron chi connectivity index (χ4n) is 2.09. The highest BCUT2D eigenvalue weighted by atomic mass is 14.2. The quantitative estimate of drug-likeness (QED) is 0.442. The van der Waals surface area contributed by atoms with Crippen molar-refractivity contribution in [2.45, 2.75) is 86.5 Å². The highest BCUT2D eigenvalue weighted by Crippen LogP contribution is 2.30. The Morgan fingerprint density at radius 2 is 1.38 bits per heavy atom. The van der Waals surface area contributed by atoms with E-state index in [0.717, 1.165) is 11.8 Å². The van der Waals surface area contributed by atoms with E-state index < -0.39 is 0 Å². The van der Waals surface area contributed by atoms with Gasteiger partial charge in [-0.2, -0.15) is 0 Å². The van der Waals surface area contributed by atoms with Gasteiger partial charge < -0.3 is 0 Å². The van der Waals surface area contributed by atoms with Crippen molar-refractivity contribution in [1.29, 1.82) is 0 Å². The summed E-state index contributed by atoms with van der Waals surface area (Å²) >= 11 is 0. The number of unbranched alkanes of at least 4 members (excludes halogenated alkanes) is 2. The summed E-state index contributed by atoms with van der Waals surface area (Å²) in [6.07, 6.45) is 9.91. The van der Waals surface area contributed by atoms with Gasteiger partial charge in [-0.15, -0.1) is 0 Å². The van der Waals surface area contributed by atoms with Crippen LogP contribution >= 0.6 is 0 Å². The van der Waals surface area contributed by atoms with Crippen molar-refractivity contribution in [2.75, 3.05) is 0 Å². The van der Waals surface area contributed by atoms with Crippen LogP contribution in [0.25, 0.3) is 0 Å². The Hall–Kier alpha value is 0. The van der Waals surface area contributed by atoms with Crippen molar-refractivity contribution >= 4 is 0 Å². The van der Waals surface area contributed by atoms with Crippen molar-refractivity contribution in [3.8, 4) is 0 Å². The Kier molecular flexibility index (Phi) is 8.14. The van der Waals surface area contributed by atoms with Gasteiger partial charge in [0, 0.05) is 0 Å². The molecular weight excluding hydrogens is 192 g/mol. The first-order valence-corrected chi connectivity index (χ1v) is 7.38. The van der Waals surface area contributed by atoms with Crippen LogP contribution in [0.4, 0.5) is 0 Å². The van der Waals surface area contributed by atoms with E-state index in [-0.39, 0.29) is 0 Å². The summed E-state index contributed by atoms with van der Waals surface area (Å²) in [7, 11) is 0. The summed E-state index contributed by atoms with van der Waals surface area (Å²) in [5.74, 6) is 1.80. The van der Waals surface area contributed by atoms with Crippen LogP contribution in [-0.2, 0) is 0 Å².